The average molecular weight is 281 g/mol. The summed E-state index contributed by atoms with van der Waals surface area (Å²) in [5.74, 6) is 0. The normalized spacial score (nSPS) is 10.9. The molecular formula is C9H16NO3PS2. The van der Waals surface area contributed by atoms with Gasteiger partial charge < -0.3 is 9.05 Å². The zero-order valence-corrected chi connectivity index (χ0v) is 12.4. The first kappa shape index (κ1) is 16.1. The molecule has 0 aromatic rings. The van der Waals surface area contributed by atoms with E-state index >= 15 is 0 Å². The van der Waals surface area contributed by atoms with Crippen LogP contribution in [0.25, 0.3) is 0 Å². The van der Waals surface area contributed by atoms with Crippen LogP contribution in [0.1, 0.15) is 13.8 Å². The molecule has 0 heterocycles. The van der Waals surface area contributed by atoms with Crippen molar-refractivity contribution in [1.82, 2.24) is 0 Å². The van der Waals surface area contributed by atoms with Gasteiger partial charge in [0.05, 0.1) is 17.5 Å². The summed E-state index contributed by atoms with van der Waals surface area (Å²) in [5, 5.41) is 9.19. The molecule has 0 amide bonds. The number of nitriles is 1. The molecule has 0 aliphatic heterocycles. The maximum Gasteiger partial charge on any atom is 0.373 e. The van der Waals surface area contributed by atoms with Gasteiger partial charge in [0, 0.05) is 0 Å². The second kappa shape index (κ2) is 8.21. The molecular weight excluding hydrogens is 265 g/mol. The predicted molar refractivity (Wildman–Crippen MR) is 70.5 cm³/mol. The second-order valence-corrected chi connectivity index (χ2v) is 6.34. The van der Waals surface area contributed by atoms with Gasteiger partial charge in [-0.3, -0.25) is 4.57 Å². The number of rotatable bonds is 7. The predicted octanol–water partition coefficient (Wildman–Crippen LogP) is 3.67. The van der Waals surface area contributed by atoms with E-state index in [-0.39, 0.29) is 18.5 Å². The first-order valence-corrected chi connectivity index (χ1v) is 8.70. The number of nitrogens with zero attached hydrogens (tertiary/aromatic N) is 1. The summed E-state index contributed by atoms with van der Waals surface area (Å²) in [6, 6.07) is 1.94. The lowest BCUT2D eigenvalue weighted by Crippen LogP contribution is -1.99. The van der Waals surface area contributed by atoms with Crippen LogP contribution in [0.5, 0.6) is 0 Å². The van der Waals surface area contributed by atoms with Crippen molar-refractivity contribution in [3.63, 3.8) is 0 Å². The Morgan fingerprint density at radius 2 is 1.69 bits per heavy atom. The van der Waals surface area contributed by atoms with E-state index in [2.05, 4.69) is 0 Å². The molecule has 16 heavy (non-hydrogen) atoms. The molecule has 0 aromatic carbocycles. The highest BCUT2D eigenvalue weighted by atomic mass is 32.2. The Balaban J connectivity index is 5.40. The molecule has 4 nitrogen and oxygen atoms in total. The van der Waals surface area contributed by atoms with Gasteiger partial charge in [-0.2, -0.15) is 5.26 Å². The summed E-state index contributed by atoms with van der Waals surface area (Å²) in [6.07, 6.45) is 3.65. The zero-order chi connectivity index (χ0) is 12.6. The Morgan fingerprint density at radius 3 is 1.94 bits per heavy atom. The summed E-state index contributed by atoms with van der Waals surface area (Å²) in [5.41, 5.74) is 0. The van der Waals surface area contributed by atoms with Crippen LogP contribution >= 0.6 is 31.1 Å². The van der Waals surface area contributed by atoms with Crippen molar-refractivity contribution in [3.8, 4) is 6.07 Å². The third-order valence-corrected chi connectivity index (χ3v) is 6.06. The highest BCUT2D eigenvalue weighted by Gasteiger charge is 2.32. The van der Waals surface area contributed by atoms with Crippen LogP contribution < -0.4 is 0 Å². The van der Waals surface area contributed by atoms with E-state index in [9.17, 15) is 4.57 Å². The molecule has 0 aromatic heterocycles. The van der Waals surface area contributed by atoms with E-state index in [1.54, 1.807) is 13.8 Å². The lowest BCUT2D eigenvalue weighted by molar-refractivity contribution is 0.227. The Kier molecular flexibility index (Phi) is 8.25. The lowest BCUT2D eigenvalue weighted by atomic mass is 10.7. The van der Waals surface area contributed by atoms with E-state index < -0.39 is 7.60 Å². The fraction of sp³-hybridized carbons (Fsp3) is 0.667. The SMILES string of the molecule is CCOP(=O)(OCC)C(C#N)=C(SC)SC. The molecule has 0 spiro atoms. The van der Waals surface area contributed by atoms with Gasteiger partial charge in [-0.05, 0) is 26.4 Å². The van der Waals surface area contributed by atoms with E-state index in [4.69, 9.17) is 14.3 Å². The van der Waals surface area contributed by atoms with Crippen molar-refractivity contribution in [2.75, 3.05) is 25.7 Å². The molecule has 0 bridgehead atoms. The lowest BCUT2D eigenvalue weighted by Gasteiger charge is -2.17. The zero-order valence-electron chi connectivity index (χ0n) is 9.85. The summed E-state index contributed by atoms with van der Waals surface area (Å²) in [7, 11) is -3.44. The van der Waals surface area contributed by atoms with Crippen LogP contribution in [-0.2, 0) is 13.6 Å². The largest absolute Gasteiger partial charge is 0.373 e. The maximum absolute atomic E-state index is 12.4. The summed E-state index contributed by atoms with van der Waals surface area (Å²) < 4.78 is 23.3. The minimum atomic E-state index is -3.44. The molecule has 0 aliphatic rings. The van der Waals surface area contributed by atoms with Crippen molar-refractivity contribution in [3.05, 3.63) is 9.55 Å². The first-order chi connectivity index (χ1) is 7.59. The minimum absolute atomic E-state index is 0.108. The topological polar surface area (TPSA) is 59.3 Å². The van der Waals surface area contributed by atoms with Gasteiger partial charge in [0.25, 0.3) is 0 Å². The monoisotopic (exact) mass is 281 g/mol. The smallest absolute Gasteiger partial charge is 0.305 e. The van der Waals surface area contributed by atoms with Crippen LogP contribution in [0.3, 0.4) is 0 Å². The molecule has 0 rings (SSSR count). The van der Waals surface area contributed by atoms with Crippen molar-refractivity contribution in [1.29, 1.82) is 5.26 Å². The Hall–Kier alpha value is 0.0800. The maximum atomic E-state index is 12.4. The highest BCUT2D eigenvalue weighted by molar-refractivity contribution is 8.22. The van der Waals surface area contributed by atoms with Crippen LogP contribution in [0, 0.1) is 11.3 Å². The van der Waals surface area contributed by atoms with Gasteiger partial charge in [0.2, 0.25) is 0 Å². The molecule has 92 valence electrons. The van der Waals surface area contributed by atoms with E-state index in [0.717, 1.165) is 0 Å². The van der Waals surface area contributed by atoms with Gasteiger partial charge in [-0.1, -0.05) is 0 Å². The van der Waals surface area contributed by atoms with E-state index in [0.29, 0.717) is 4.24 Å². The molecule has 0 radical (unpaired) electrons. The van der Waals surface area contributed by atoms with Gasteiger partial charge in [-0.15, -0.1) is 23.5 Å². The van der Waals surface area contributed by atoms with Crippen molar-refractivity contribution >= 4 is 31.1 Å². The summed E-state index contributed by atoms with van der Waals surface area (Å²) in [4.78, 5) is 0. The van der Waals surface area contributed by atoms with E-state index in [1.807, 2.05) is 18.6 Å². The highest BCUT2D eigenvalue weighted by Crippen LogP contribution is 2.58. The molecule has 0 saturated heterocycles. The van der Waals surface area contributed by atoms with Crippen LogP contribution in [0.2, 0.25) is 0 Å². The summed E-state index contributed by atoms with van der Waals surface area (Å²) in [6.45, 7) is 3.94. The van der Waals surface area contributed by atoms with Gasteiger partial charge in [0.1, 0.15) is 6.07 Å². The quantitative estimate of drug-likeness (QED) is 0.524. The molecule has 0 saturated carbocycles. The molecule has 0 unspecified atom stereocenters. The van der Waals surface area contributed by atoms with Gasteiger partial charge in [-0.25, -0.2) is 0 Å². The number of hydrogen-bond donors (Lipinski definition) is 0. The Labute approximate surface area is 105 Å². The third kappa shape index (κ3) is 4.15. The fourth-order valence-corrected chi connectivity index (χ4v) is 4.72. The first-order valence-electron chi connectivity index (χ1n) is 4.71. The molecule has 0 aliphatic carbocycles. The second-order valence-electron chi connectivity index (χ2n) is 2.49. The Morgan fingerprint density at radius 1 is 1.25 bits per heavy atom. The van der Waals surface area contributed by atoms with Crippen LogP contribution in [0.15, 0.2) is 9.55 Å². The fourth-order valence-electron chi connectivity index (χ4n) is 1.00. The van der Waals surface area contributed by atoms with Crippen molar-refractivity contribution in [2.45, 2.75) is 13.8 Å². The van der Waals surface area contributed by atoms with Gasteiger partial charge in [0.15, 0.2) is 5.31 Å². The van der Waals surface area contributed by atoms with Crippen molar-refractivity contribution in [2.24, 2.45) is 0 Å². The van der Waals surface area contributed by atoms with E-state index in [1.165, 1.54) is 23.5 Å². The molecule has 7 heteroatoms. The average Bonchev–Trinajstić information content (AvgIpc) is 2.26. The molecule has 0 atom stereocenters. The van der Waals surface area contributed by atoms with Crippen LogP contribution in [-0.4, -0.2) is 25.7 Å². The number of hydrogen-bond acceptors (Lipinski definition) is 6. The van der Waals surface area contributed by atoms with Crippen LogP contribution in [0.4, 0.5) is 0 Å². The standard InChI is InChI=1S/C9H16NO3PS2/c1-5-12-14(11,13-6-2)8(7-10)9(15-3)16-4/h5-6H2,1-4H3. The van der Waals surface area contributed by atoms with Gasteiger partial charge >= 0.3 is 7.60 Å². The Bertz CT molecular complexity index is 322. The number of allylic oxidation sites excluding steroid dienone is 1. The summed E-state index contributed by atoms with van der Waals surface area (Å²) >= 11 is 2.74. The molecule has 0 fully saturated rings. The minimum Gasteiger partial charge on any atom is -0.305 e. The third-order valence-electron chi connectivity index (χ3n) is 1.54. The number of thioether (sulfide) groups is 2. The molecule has 0 N–H and O–H groups in total. The van der Waals surface area contributed by atoms with Crippen molar-refractivity contribution < 1.29 is 13.6 Å².